The van der Waals surface area contributed by atoms with Crippen LogP contribution in [0.3, 0.4) is 0 Å². The number of fused-ring (bicyclic) bond motifs is 1. The number of benzene rings is 1. The number of alkyl halides is 3. The molecule has 138 valence electrons. The summed E-state index contributed by atoms with van der Waals surface area (Å²) >= 11 is 0. The fourth-order valence-corrected chi connectivity index (χ4v) is 2.69. The number of rotatable bonds is 4. The Bertz CT molecular complexity index is 1100. The second-order valence-electron chi connectivity index (χ2n) is 5.80. The predicted molar refractivity (Wildman–Crippen MR) is 92.3 cm³/mol. The number of imidazole rings is 2. The van der Waals surface area contributed by atoms with Crippen molar-refractivity contribution in [2.75, 3.05) is 0 Å². The number of nitrogens with one attached hydrogen (secondary N) is 1. The van der Waals surface area contributed by atoms with Gasteiger partial charge in [-0.2, -0.15) is 13.2 Å². The molecule has 0 saturated carbocycles. The van der Waals surface area contributed by atoms with E-state index in [0.717, 1.165) is 23.8 Å². The monoisotopic (exact) mass is 373 g/mol. The second-order valence-corrected chi connectivity index (χ2v) is 5.80. The highest BCUT2D eigenvalue weighted by Gasteiger charge is 2.33. The first-order chi connectivity index (χ1) is 12.9. The van der Waals surface area contributed by atoms with E-state index in [2.05, 4.69) is 19.9 Å². The van der Waals surface area contributed by atoms with E-state index in [1.165, 1.54) is 12.3 Å². The van der Waals surface area contributed by atoms with Gasteiger partial charge in [-0.1, -0.05) is 0 Å². The highest BCUT2D eigenvalue weighted by molar-refractivity contribution is 5.77. The predicted octanol–water partition coefficient (Wildman–Crippen LogP) is 4.65. The van der Waals surface area contributed by atoms with Crippen LogP contribution in [-0.2, 0) is 12.7 Å². The average Bonchev–Trinajstić information content (AvgIpc) is 3.28. The van der Waals surface area contributed by atoms with E-state index in [1.807, 2.05) is 23.6 Å². The van der Waals surface area contributed by atoms with Crippen LogP contribution in [-0.4, -0.2) is 24.5 Å². The van der Waals surface area contributed by atoms with E-state index in [4.69, 9.17) is 4.74 Å². The Hall–Kier alpha value is -3.36. The average molecular weight is 373 g/mol. The van der Waals surface area contributed by atoms with Crippen LogP contribution in [0.25, 0.3) is 22.6 Å². The number of hydrogen-bond acceptors (Lipinski definition) is 4. The molecule has 0 bridgehead atoms. The van der Waals surface area contributed by atoms with E-state index in [1.54, 1.807) is 18.5 Å². The van der Waals surface area contributed by atoms with E-state index in [0.29, 0.717) is 11.5 Å². The summed E-state index contributed by atoms with van der Waals surface area (Å²) in [6.45, 7) is 2.84. The van der Waals surface area contributed by atoms with Gasteiger partial charge in [0.15, 0.2) is 5.82 Å². The van der Waals surface area contributed by atoms with Crippen molar-refractivity contribution in [3.8, 4) is 23.0 Å². The van der Waals surface area contributed by atoms with Gasteiger partial charge >= 0.3 is 6.18 Å². The summed E-state index contributed by atoms with van der Waals surface area (Å²) in [6.07, 6.45) is -0.544. The maximum Gasteiger partial charge on any atom is 0.432 e. The number of halogens is 3. The standard InChI is InChI=1S/C18H14F3N5O/c1-2-26-10-24-13-7-11(3-4-15(13)26)27-12-5-6-22-14(8-12)17-23-9-16(25-17)18(19,20)21/h3-10H,2H2,1H3,(H,23,25). The second kappa shape index (κ2) is 6.42. The van der Waals surface area contributed by atoms with Crippen molar-refractivity contribution in [3.63, 3.8) is 0 Å². The number of nitrogens with zero attached hydrogens (tertiary/aromatic N) is 4. The van der Waals surface area contributed by atoms with Crippen LogP contribution in [0, 0.1) is 0 Å². The number of ether oxygens (including phenoxy) is 1. The molecule has 0 fully saturated rings. The van der Waals surface area contributed by atoms with Gasteiger partial charge in [0.1, 0.15) is 22.9 Å². The molecule has 0 atom stereocenters. The molecule has 0 spiro atoms. The fraction of sp³-hybridized carbons (Fsp3) is 0.167. The first-order valence-electron chi connectivity index (χ1n) is 8.15. The van der Waals surface area contributed by atoms with Gasteiger partial charge in [-0.15, -0.1) is 0 Å². The summed E-state index contributed by atoms with van der Waals surface area (Å²) in [5, 5.41) is 0. The number of aromatic nitrogens is 5. The van der Waals surface area contributed by atoms with Gasteiger partial charge in [-0.05, 0) is 25.1 Å². The molecule has 6 nitrogen and oxygen atoms in total. The molecule has 0 saturated heterocycles. The number of H-pyrrole nitrogens is 1. The number of aromatic amines is 1. The molecule has 0 aliphatic heterocycles. The molecule has 0 aliphatic carbocycles. The summed E-state index contributed by atoms with van der Waals surface area (Å²) in [4.78, 5) is 14.4. The zero-order chi connectivity index (χ0) is 19.0. The number of aryl methyl sites for hydroxylation is 1. The summed E-state index contributed by atoms with van der Waals surface area (Å²) < 4.78 is 46.0. The molecule has 3 aromatic heterocycles. The van der Waals surface area contributed by atoms with Gasteiger partial charge in [0, 0.05) is 24.9 Å². The summed E-state index contributed by atoms with van der Waals surface area (Å²) in [6, 6.07) is 8.66. The van der Waals surface area contributed by atoms with Crippen molar-refractivity contribution in [1.29, 1.82) is 0 Å². The van der Waals surface area contributed by atoms with Crippen LogP contribution in [0.4, 0.5) is 13.2 Å². The summed E-state index contributed by atoms with van der Waals surface area (Å²) in [5.41, 5.74) is 1.11. The van der Waals surface area contributed by atoms with Crippen LogP contribution in [0.5, 0.6) is 11.5 Å². The van der Waals surface area contributed by atoms with Gasteiger partial charge in [0.2, 0.25) is 0 Å². The first-order valence-corrected chi connectivity index (χ1v) is 8.15. The number of hydrogen-bond donors (Lipinski definition) is 1. The Balaban J connectivity index is 1.60. The van der Waals surface area contributed by atoms with Crippen LogP contribution in [0.1, 0.15) is 12.6 Å². The molecule has 0 amide bonds. The lowest BCUT2D eigenvalue weighted by atomic mass is 10.3. The van der Waals surface area contributed by atoms with E-state index in [9.17, 15) is 13.2 Å². The minimum absolute atomic E-state index is 0.0184. The lowest BCUT2D eigenvalue weighted by Gasteiger charge is -2.07. The smallest absolute Gasteiger partial charge is 0.432 e. The molecular weight excluding hydrogens is 359 g/mol. The van der Waals surface area contributed by atoms with Crippen molar-refractivity contribution >= 4 is 11.0 Å². The molecule has 1 N–H and O–H groups in total. The van der Waals surface area contributed by atoms with Gasteiger partial charge < -0.3 is 14.3 Å². The maximum atomic E-state index is 12.7. The van der Waals surface area contributed by atoms with Crippen molar-refractivity contribution in [2.24, 2.45) is 0 Å². The molecule has 0 unspecified atom stereocenters. The van der Waals surface area contributed by atoms with Crippen molar-refractivity contribution in [1.82, 2.24) is 24.5 Å². The lowest BCUT2D eigenvalue weighted by Crippen LogP contribution is -2.04. The van der Waals surface area contributed by atoms with Crippen molar-refractivity contribution in [3.05, 3.63) is 54.7 Å². The SMILES string of the molecule is CCn1cnc2cc(Oc3ccnc(-c4ncc(C(F)(F)F)[nH]4)c3)ccc21. The molecule has 4 aromatic rings. The Morgan fingerprint density at radius 3 is 2.63 bits per heavy atom. The Morgan fingerprint density at radius 1 is 1.07 bits per heavy atom. The van der Waals surface area contributed by atoms with Crippen LogP contribution in [0.15, 0.2) is 49.1 Å². The van der Waals surface area contributed by atoms with E-state index in [-0.39, 0.29) is 11.5 Å². The van der Waals surface area contributed by atoms with Crippen LogP contribution >= 0.6 is 0 Å². The van der Waals surface area contributed by atoms with Crippen molar-refractivity contribution < 1.29 is 17.9 Å². The zero-order valence-electron chi connectivity index (χ0n) is 14.2. The molecule has 27 heavy (non-hydrogen) atoms. The first kappa shape index (κ1) is 17.1. The Labute approximate surface area is 151 Å². The maximum absolute atomic E-state index is 12.7. The third-order valence-electron chi connectivity index (χ3n) is 4.02. The highest BCUT2D eigenvalue weighted by Crippen LogP contribution is 2.30. The van der Waals surface area contributed by atoms with E-state index < -0.39 is 11.9 Å². The molecular formula is C18H14F3N5O. The topological polar surface area (TPSA) is 68.6 Å². The number of pyridine rings is 1. The molecule has 3 heterocycles. The zero-order valence-corrected chi connectivity index (χ0v) is 14.2. The largest absolute Gasteiger partial charge is 0.457 e. The summed E-state index contributed by atoms with van der Waals surface area (Å²) in [7, 11) is 0. The van der Waals surface area contributed by atoms with Gasteiger partial charge in [0.25, 0.3) is 0 Å². The third kappa shape index (κ3) is 3.35. The van der Waals surface area contributed by atoms with Crippen LogP contribution < -0.4 is 4.74 Å². The molecule has 0 aliphatic rings. The van der Waals surface area contributed by atoms with Gasteiger partial charge in [-0.25, -0.2) is 9.97 Å². The normalized spacial score (nSPS) is 11.9. The fourth-order valence-electron chi connectivity index (χ4n) is 2.69. The lowest BCUT2D eigenvalue weighted by molar-refractivity contribution is -0.140. The van der Waals surface area contributed by atoms with Crippen LogP contribution in [0.2, 0.25) is 0 Å². The molecule has 9 heteroatoms. The van der Waals surface area contributed by atoms with Gasteiger partial charge in [0.05, 0.1) is 23.6 Å². The molecule has 4 rings (SSSR count). The highest BCUT2D eigenvalue weighted by atomic mass is 19.4. The van der Waals surface area contributed by atoms with Crippen molar-refractivity contribution in [2.45, 2.75) is 19.6 Å². The molecule has 1 aromatic carbocycles. The minimum Gasteiger partial charge on any atom is -0.457 e. The van der Waals surface area contributed by atoms with E-state index >= 15 is 0 Å². The Kier molecular flexibility index (Phi) is 4.06. The molecule has 0 radical (unpaired) electrons. The quantitative estimate of drug-likeness (QED) is 0.565. The third-order valence-corrected chi connectivity index (χ3v) is 4.02. The summed E-state index contributed by atoms with van der Waals surface area (Å²) in [5.74, 6) is 1.01. The Morgan fingerprint density at radius 2 is 1.89 bits per heavy atom. The minimum atomic E-state index is -4.49. The van der Waals surface area contributed by atoms with Gasteiger partial charge in [-0.3, -0.25) is 4.98 Å².